The summed E-state index contributed by atoms with van der Waals surface area (Å²) in [6.07, 6.45) is 3.07. The molecule has 2 aromatic heterocycles. The Morgan fingerprint density at radius 1 is 1.28 bits per heavy atom. The third-order valence-corrected chi connectivity index (χ3v) is 4.85. The molecule has 1 atom stereocenters. The van der Waals surface area contributed by atoms with E-state index in [1.54, 1.807) is 7.05 Å². The monoisotopic (exact) mass is 394 g/mol. The Bertz CT molecular complexity index is 1030. The van der Waals surface area contributed by atoms with Gasteiger partial charge in [-0.1, -0.05) is 6.07 Å². The molecule has 0 aliphatic carbocycles. The average Bonchev–Trinajstić information content (AvgIpc) is 3.30. The first kappa shape index (κ1) is 19.0. The van der Waals surface area contributed by atoms with Gasteiger partial charge in [-0.3, -0.25) is 9.39 Å². The first-order chi connectivity index (χ1) is 14.2. The van der Waals surface area contributed by atoms with Crippen molar-refractivity contribution in [1.29, 1.82) is 0 Å². The smallest absolute Gasteiger partial charge is 0.191 e. The van der Waals surface area contributed by atoms with Crippen molar-refractivity contribution in [2.75, 3.05) is 13.7 Å². The Hall–Kier alpha value is -3.29. The van der Waals surface area contributed by atoms with Gasteiger partial charge in [-0.05, 0) is 38.1 Å². The highest BCUT2D eigenvalue weighted by Gasteiger charge is 2.22. The number of aromatic nitrogens is 3. The lowest BCUT2D eigenvalue weighted by Gasteiger charge is -2.15. The lowest BCUT2D eigenvalue weighted by molar-refractivity contribution is 0.254. The van der Waals surface area contributed by atoms with Crippen molar-refractivity contribution in [1.82, 2.24) is 25.2 Å². The molecule has 0 saturated heterocycles. The van der Waals surface area contributed by atoms with Crippen LogP contribution < -0.4 is 20.1 Å². The molecule has 0 amide bonds. The first-order valence-electron chi connectivity index (χ1n) is 9.86. The highest BCUT2D eigenvalue weighted by Crippen LogP contribution is 2.35. The topological polar surface area (TPSA) is 85.1 Å². The molecule has 0 saturated carbocycles. The SMILES string of the molecule is CCOc1cc2c(cc1CNC(=NC)NCc1nnc3ccccn13)OC(C)C2. The van der Waals surface area contributed by atoms with Crippen molar-refractivity contribution in [3.63, 3.8) is 0 Å². The molecule has 1 aromatic carbocycles. The summed E-state index contributed by atoms with van der Waals surface area (Å²) in [5, 5.41) is 15.0. The van der Waals surface area contributed by atoms with Crippen LogP contribution >= 0.6 is 0 Å². The van der Waals surface area contributed by atoms with Gasteiger partial charge in [-0.15, -0.1) is 10.2 Å². The summed E-state index contributed by atoms with van der Waals surface area (Å²) in [6.45, 7) is 5.77. The fourth-order valence-corrected chi connectivity index (χ4v) is 3.48. The van der Waals surface area contributed by atoms with E-state index in [1.807, 2.05) is 35.7 Å². The van der Waals surface area contributed by atoms with Crippen LogP contribution in [0, 0.1) is 0 Å². The number of rotatable bonds is 6. The number of ether oxygens (including phenoxy) is 2. The number of pyridine rings is 1. The van der Waals surface area contributed by atoms with Crippen LogP contribution in [0.5, 0.6) is 11.5 Å². The minimum Gasteiger partial charge on any atom is -0.494 e. The van der Waals surface area contributed by atoms with E-state index >= 15 is 0 Å². The summed E-state index contributed by atoms with van der Waals surface area (Å²) >= 11 is 0. The fourth-order valence-electron chi connectivity index (χ4n) is 3.48. The lowest BCUT2D eigenvalue weighted by atomic mass is 10.1. The molecule has 152 valence electrons. The van der Waals surface area contributed by atoms with Crippen molar-refractivity contribution < 1.29 is 9.47 Å². The largest absolute Gasteiger partial charge is 0.494 e. The maximum absolute atomic E-state index is 5.90. The zero-order chi connectivity index (χ0) is 20.2. The van der Waals surface area contributed by atoms with Gasteiger partial charge in [0.15, 0.2) is 17.4 Å². The van der Waals surface area contributed by atoms with E-state index in [2.05, 4.69) is 44.9 Å². The Balaban J connectivity index is 1.42. The normalized spacial score (nSPS) is 15.8. The molecule has 3 heterocycles. The molecule has 29 heavy (non-hydrogen) atoms. The van der Waals surface area contributed by atoms with Crippen molar-refractivity contribution >= 4 is 11.6 Å². The van der Waals surface area contributed by atoms with Gasteiger partial charge in [-0.25, -0.2) is 0 Å². The lowest BCUT2D eigenvalue weighted by Crippen LogP contribution is -2.36. The van der Waals surface area contributed by atoms with E-state index in [0.29, 0.717) is 25.7 Å². The van der Waals surface area contributed by atoms with Crippen LogP contribution in [0.2, 0.25) is 0 Å². The molecule has 0 bridgehead atoms. The van der Waals surface area contributed by atoms with Crippen molar-refractivity contribution in [3.8, 4) is 11.5 Å². The Morgan fingerprint density at radius 2 is 2.14 bits per heavy atom. The van der Waals surface area contributed by atoms with Crippen LogP contribution in [0.1, 0.15) is 30.8 Å². The molecule has 1 aliphatic rings. The molecular formula is C21H26N6O2. The third-order valence-electron chi connectivity index (χ3n) is 4.85. The number of benzene rings is 1. The Morgan fingerprint density at radius 3 is 2.97 bits per heavy atom. The van der Waals surface area contributed by atoms with Gasteiger partial charge in [0, 0.05) is 37.3 Å². The molecular weight excluding hydrogens is 368 g/mol. The zero-order valence-corrected chi connectivity index (χ0v) is 17.0. The maximum atomic E-state index is 5.90. The molecule has 1 aliphatic heterocycles. The van der Waals surface area contributed by atoms with E-state index in [-0.39, 0.29) is 6.10 Å². The minimum atomic E-state index is 0.204. The predicted molar refractivity (Wildman–Crippen MR) is 111 cm³/mol. The number of nitrogens with one attached hydrogen (secondary N) is 2. The van der Waals surface area contributed by atoms with Gasteiger partial charge in [-0.2, -0.15) is 0 Å². The Kier molecular flexibility index (Phi) is 5.50. The van der Waals surface area contributed by atoms with Crippen LogP contribution in [-0.2, 0) is 19.5 Å². The van der Waals surface area contributed by atoms with E-state index in [9.17, 15) is 0 Å². The fraction of sp³-hybridized carbons (Fsp3) is 0.381. The summed E-state index contributed by atoms with van der Waals surface area (Å²) in [5.41, 5.74) is 3.06. The van der Waals surface area contributed by atoms with Gasteiger partial charge >= 0.3 is 0 Å². The zero-order valence-electron chi connectivity index (χ0n) is 17.0. The van der Waals surface area contributed by atoms with E-state index in [0.717, 1.165) is 35.0 Å². The molecule has 4 rings (SSSR count). The molecule has 0 spiro atoms. The summed E-state index contributed by atoms with van der Waals surface area (Å²) in [6, 6.07) is 9.99. The maximum Gasteiger partial charge on any atom is 0.191 e. The molecule has 3 aromatic rings. The highest BCUT2D eigenvalue weighted by molar-refractivity contribution is 5.79. The van der Waals surface area contributed by atoms with Gasteiger partial charge < -0.3 is 20.1 Å². The number of hydrogen-bond donors (Lipinski definition) is 2. The molecule has 0 fully saturated rings. The second kappa shape index (κ2) is 8.38. The van der Waals surface area contributed by atoms with Gasteiger partial charge in [0.2, 0.25) is 0 Å². The average molecular weight is 394 g/mol. The van der Waals surface area contributed by atoms with Gasteiger partial charge in [0.05, 0.1) is 13.2 Å². The molecule has 8 nitrogen and oxygen atoms in total. The van der Waals surface area contributed by atoms with Crippen LogP contribution in [0.3, 0.4) is 0 Å². The number of aliphatic imine (C=N–C) groups is 1. The summed E-state index contributed by atoms with van der Waals surface area (Å²) in [4.78, 5) is 4.31. The molecule has 8 heteroatoms. The molecule has 1 unspecified atom stereocenters. The summed E-state index contributed by atoms with van der Waals surface area (Å²) in [5.74, 6) is 3.32. The van der Waals surface area contributed by atoms with Crippen LogP contribution in [0.4, 0.5) is 0 Å². The van der Waals surface area contributed by atoms with Crippen LogP contribution in [0.25, 0.3) is 5.65 Å². The standard InChI is InChI=1S/C21H26N6O2/c1-4-28-17-10-15-9-14(2)29-18(15)11-16(17)12-23-21(22-3)24-13-20-26-25-19-7-5-6-8-27(19)20/h5-8,10-11,14H,4,9,12-13H2,1-3H3,(H2,22,23,24). The van der Waals surface area contributed by atoms with Crippen LogP contribution in [-0.4, -0.2) is 40.3 Å². The minimum absolute atomic E-state index is 0.204. The summed E-state index contributed by atoms with van der Waals surface area (Å²) < 4.78 is 13.7. The van der Waals surface area contributed by atoms with Gasteiger partial charge in [0.25, 0.3) is 0 Å². The number of guanidine groups is 1. The molecule has 2 N–H and O–H groups in total. The number of fused-ring (bicyclic) bond motifs is 2. The van der Waals surface area contributed by atoms with Crippen molar-refractivity contribution in [2.24, 2.45) is 4.99 Å². The van der Waals surface area contributed by atoms with E-state index in [1.165, 1.54) is 5.56 Å². The van der Waals surface area contributed by atoms with Crippen LogP contribution in [0.15, 0.2) is 41.5 Å². The number of hydrogen-bond acceptors (Lipinski definition) is 5. The molecule has 0 radical (unpaired) electrons. The highest BCUT2D eigenvalue weighted by atomic mass is 16.5. The van der Waals surface area contributed by atoms with Crippen molar-refractivity contribution in [2.45, 2.75) is 39.5 Å². The summed E-state index contributed by atoms with van der Waals surface area (Å²) in [7, 11) is 1.74. The number of nitrogens with zero attached hydrogens (tertiary/aromatic N) is 4. The van der Waals surface area contributed by atoms with Gasteiger partial charge in [0.1, 0.15) is 17.6 Å². The predicted octanol–water partition coefficient (Wildman–Crippen LogP) is 2.32. The Labute approximate surface area is 170 Å². The second-order valence-electron chi connectivity index (χ2n) is 6.96. The second-order valence-corrected chi connectivity index (χ2v) is 6.96. The third kappa shape index (κ3) is 4.11. The van der Waals surface area contributed by atoms with E-state index in [4.69, 9.17) is 9.47 Å². The first-order valence-corrected chi connectivity index (χ1v) is 9.86. The quantitative estimate of drug-likeness (QED) is 0.493. The van der Waals surface area contributed by atoms with Crippen molar-refractivity contribution in [3.05, 3.63) is 53.5 Å². The van der Waals surface area contributed by atoms with E-state index < -0.39 is 0 Å².